The Labute approximate surface area is 202 Å². The van der Waals surface area contributed by atoms with Crippen molar-refractivity contribution in [1.82, 2.24) is 9.80 Å². The Bertz CT molecular complexity index is 1080. The molecule has 33 heavy (non-hydrogen) atoms. The first-order valence-electron chi connectivity index (χ1n) is 10.6. The summed E-state index contributed by atoms with van der Waals surface area (Å²) in [4.78, 5) is 29.9. The monoisotopic (exact) mass is 490 g/mol. The minimum Gasteiger partial charge on any atom is -0.507 e. The van der Waals surface area contributed by atoms with Crippen molar-refractivity contribution in [3.63, 3.8) is 0 Å². The van der Waals surface area contributed by atoms with E-state index in [0.29, 0.717) is 53.2 Å². The molecule has 0 unspecified atom stereocenters. The van der Waals surface area contributed by atoms with E-state index in [9.17, 15) is 14.7 Å². The highest BCUT2D eigenvalue weighted by atomic mass is 35.5. The molecule has 7 nitrogen and oxygen atoms in total. The Balaban J connectivity index is 1.74. The highest BCUT2D eigenvalue weighted by Crippen LogP contribution is 2.41. The fourth-order valence-electron chi connectivity index (χ4n) is 4.12. The number of aliphatic hydroxyl groups is 1. The molecule has 0 bridgehead atoms. The molecule has 0 aliphatic carbocycles. The van der Waals surface area contributed by atoms with E-state index in [4.69, 9.17) is 32.7 Å². The lowest BCUT2D eigenvalue weighted by atomic mass is 9.95. The molecule has 0 spiro atoms. The van der Waals surface area contributed by atoms with E-state index in [-0.39, 0.29) is 11.3 Å². The summed E-state index contributed by atoms with van der Waals surface area (Å²) < 4.78 is 10.6. The minimum absolute atomic E-state index is 0.0190. The number of ketones is 1. The summed E-state index contributed by atoms with van der Waals surface area (Å²) in [5, 5.41) is 11.8. The molecule has 0 saturated carbocycles. The summed E-state index contributed by atoms with van der Waals surface area (Å²) in [6.45, 7) is 3.67. The second-order valence-electron chi connectivity index (χ2n) is 7.85. The number of benzene rings is 2. The van der Waals surface area contributed by atoms with Gasteiger partial charge in [-0.25, -0.2) is 0 Å². The lowest BCUT2D eigenvalue weighted by molar-refractivity contribution is -0.140. The lowest BCUT2D eigenvalue weighted by Crippen LogP contribution is -2.42. The van der Waals surface area contributed by atoms with Crippen LogP contribution in [0.2, 0.25) is 10.0 Å². The second kappa shape index (κ2) is 10.1. The normalized spacial score (nSPS) is 20.9. The predicted molar refractivity (Wildman–Crippen MR) is 126 cm³/mol. The quantitative estimate of drug-likeness (QED) is 0.377. The molecule has 1 atom stereocenters. The third-order valence-electron chi connectivity index (χ3n) is 5.92. The van der Waals surface area contributed by atoms with E-state index in [0.717, 1.165) is 13.1 Å². The van der Waals surface area contributed by atoms with Crippen LogP contribution in [0.1, 0.15) is 17.2 Å². The van der Waals surface area contributed by atoms with Gasteiger partial charge in [0.25, 0.3) is 11.7 Å². The highest BCUT2D eigenvalue weighted by molar-refractivity contribution is 6.46. The van der Waals surface area contributed by atoms with Crippen LogP contribution < -0.4 is 4.74 Å². The van der Waals surface area contributed by atoms with E-state index in [2.05, 4.69) is 4.90 Å². The number of carbonyl (C=O) groups excluding carboxylic acids is 2. The van der Waals surface area contributed by atoms with Gasteiger partial charge in [0.15, 0.2) is 0 Å². The van der Waals surface area contributed by atoms with Crippen molar-refractivity contribution in [1.29, 1.82) is 0 Å². The van der Waals surface area contributed by atoms with Gasteiger partial charge in [-0.2, -0.15) is 0 Å². The fraction of sp³-hybridized carbons (Fsp3) is 0.333. The second-order valence-corrected chi connectivity index (χ2v) is 8.66. The third kappa shape index (κ3) is 4.87. The number of carbonyl (C=O) groups is 2. The van der Waals surface area contributed by atoms with Crippen LogP contribution in [0, 0.1) is 0 Å². The van der Waals surface area contributed by atoms with Gasteiger partial charge in [-0.15, -0.1) is 0 Å². The number of morpholine rings is 1. The smallest absolute Gasteiger partial charge is 0.295 e. The molecule has 2 saturated heterocycles. The molecule has 2 aliphatic rings. The number of Topliss-reactive ketones (excluding diaryl/α,β-unsaturated/α-hetero) is 1. The van der Waals surface area contributed by atoms with Gasteiger partial charge in [0.1, 0.15) is 11.5 Å². The zero-order valence-electron chi connectivity index (χ0n) is 18.1. The van der Waals surface area contributed by atoms with Crippen LogP contribution in [0.25, 0.3) is 5.76 Å². The first-order chi connectivity index (χ1) is 15.9. The highest BCUT2D eigenvalue weighted by Gasteiger charge is 2.46. The number of hydrogen-bond acceptors (Lipinski definition) is 6. The summed E-state index contributed by atoms with van der Waals surface area (Å²) in [5.41, 5.74) is 1.03. The average molecular weight is 491 g/mol. The fourth-order valence-corrected chi connectivity index (χ4v) is 4.42. The standard InChI is InChI=1S/C24H24Cl2N2O5/c1-32-17-5-2-15(3-6-17)22(29)20-21(16-4-7-18(25)19(26)14-16)28(24(31)23(20)30)9-8-27-10-12-33-13-11-27/h2-7,14,21,29H,8-13H2,1H3/b22-20+/t21-/m0/s1. The summed E-state index contributed by atoms with van der Waals surface area (Å²) >= 11 is 12.4. The van der Waals surface area contributed by atoms with Crippen molar-refractivity contribution in [2.24, 2.45) is 0 Å². The molecule has 0 aromatic heterocycles. The molecule has 4 rings (SSSR count). The van der Waals surface area contributed by atoms with Gasteiger partial charge in [-0.05, 0) is 42.0 Å². The summed E-state index contributed by atoms with van der Waals surface area (Å²) in [5.74, 6) is -1.03. The average Bonchev–Trinajstić information content (AvgIpc) is 3.09. The van der Waals surface area contributed by atoms with E-state index in [1.54, 1.807) is 49.6 Å². The number of nitrogens with zero attached hydrogens (tertiary/aromatic N) is 2. The number of likely N-dealkylation sites (tertiary alicyclic amines) is 1. The third-order valence-corrected chi connectivity index (χ3v) is 6.66. The topological polar surface area (TPSA) is 79.3 Å². The van der Waals surface area contributed by atoms with Crippen molar-refractivity contribution in [2.75, 3.05) is 46.5 Å². The van der Waals surface area contributed by atoms with Crippen LogP contribution in [0.5, 0.6) is 5.75 Å². The molecule has 2 fully saturated rings. The molecular weight excluding hydrogens is 467 g/mol. The number of ether oxygens (including phenoxy) is 2. The number of aliphatic hydroxyl groups excluding tert-OH is 1. The largest absolute Gasteiger partial charge is 0.507 e. The maximum Gasteiger partial charge on any atom is 0.295 e. The molecule has 9 heteroatoms. The van der Waals surface area contributed by atoms with Crippen LogP contribution in [0.3, 0.4) is 0 Å². The molecule has 0 radical (unpaired) electrons. The zero-order chi connectivity index (χ0) is 23.5. The van der Waals surface area contributed by atoms with Gasteiger partial charge in [-0.1, -0.05) is 29.3 Å². The Morgan fingerprint density at radius 1 is 1.06 bits per heavy atom. The van der Waals surface area contributed by atoms with Gasteiger partial charge >= 0.3 is 0 Å². The molecule has 2 aliphatic heterocycles. The van der Waals surface area contributed by atoms with E-state index < -0.39 is 17.7 Å². The van der Waals surface area contributed by atoms with Gasteiger partial charge in [0.05, 0.1) is 42.0 Å². The number of rotatable bonds is 6. The number of amides is 1. The number of hydrogen-bond donors (Lipinski definition) is 1. The van der Waals surface area contributed by atoms with Crippen molar-refractivity contribution in [3.8, 4) is 5.75 Å². The van der Waals surface area contributed by atoms with Crippen molar-refractivity contribution in [3.05, 3.63) is 69.2 Å². The van der Waals surface area contributed by atoms with Crippen LogP contribution >= 0.6 is 23.2 Å². The zero-order valence-corrected chi connectivity index (χ0v) is 19.6. The summed E-state index contributed by atoms with van der Waals surface area (Å²) in [7, 11) is 1.54. The molecule has 174 valence electrons. The Hall–Kier alpha value is -2.58. The van der Waals surface area contributed by atoms with E-state index >= 15 is 0 Å². The van der Waals surface area contributed by atoms with E-state index in [1.165, 1.54) is 4.90 Å². The maximum atomic E-state index is 13.1. The summed E-state index contributed by atoms with van der Waals surface area (Å²) in [6, 6.07) is 10.8. The molecule has 1 amide bonds. The van der Waals surface area contributed by atoms with Crippen molar-refractivity contribution in [2.45, 2.75) is 6.04 Å². The van der Waals surface area contributed by atoms with Crippen LogP contribution in [-0.2, 0) is 14.3 Å². The van der Waals surface area contributed by atoms with Gasteiger partial charge in [0.2, 0.25) is 0 Å². The molecular formula is C24H24Cl2N2O5. The molecule has 2 aromatic rings. The Kier molecular flexibility index (Phi) is 7.24. The van der Waals surface area contributed by atoms with Gasteiger partial charge < -0.3 is 19.5 Å². The van der Waals surface area contributed by atoms with Gasteiger partial charge in [-0.3, -0.25) is 14.5 Å². The molecule has 2 aromatic carbocycles. The maximum absolute atomic E-state index is 13.1. The number of methoxy groups -OCH3 is 1. The van der Waals surface area contributed by atoms with Gasteiger partial charge in [0, 0.05) is 31.7 Å². The Morgan fingerprint density at radius 2 is 1.76 bits per heavy atom. The molecule has 1 N–H and O–H groups in total. The van der Waals surface area contributed by atoms with Crippen LogP contribution in [0.4, 0.5) is 0 Å². The predicted octanol–water partition coefficient (Wildman–Crippen LogP) is 3.76. The number of halogens is 2. The van der Waals surface area contributed by atoms with Crippen molar-refractivity contribution < 1.29 is 24.2 Å². The minimum atomic E-state index is -0.789. The lowest BCUT2D eigenvalue weighted by Gasteiger charge is -2.31. The van der Waals surface area contributed by atoms with E-state index in [1.807, 2.05) is 0 Å². The Morgan fingerprint density at radius 3 is 2.39 bits per heavy atom. The molecule has 2 heterocycles. The first kappa shape index (κ1) is 23.6. The van der Waals surface area contributed by atoms with Crippen LogP contribution in [0.15, 0.2) is 48.0 Å². The van der Waals surface area contributed by atoms with Crippen LogP contribution in [-0.4, -0.2) is 73.1 Å². The SMILES string of the molecule is COc1ccc(/C(O)=C2\C(=O)C(=O)N(CCN3CCOCC3)[C@H]2c2ccc(Cl)c(Cl)c2)cc1. The van der Waals surface area contributed by atoms with Crippen molar-refractivity contribution >= 4 is 40.7 Å². The summed E-state index contributed by atoms with van der Waals surface area (Å²) in [6.07, 6.45) is 0. The first-order valence-corrected chi connectivity index (χ1v) is 11.3.